The molecule has 0 atom stereocenters. The number of nitrogen functional groups attached to an aromatic ring is 1. The summed E-state index contributed by atoms with van der Waals surface area (Å²) in [5.74, 6) is -2.03. The highest BCUT2D eigenvalue weighted by atomic mass is 35.5. The monoisotopic (exact) mass is 311 g/mol. The maximum Gasteiger partial charge on any atom is 0.258 e. The first-order valence-corrected chi connectivity index (χ1v) is 6.33. The molecule has 7 heteroatoms. The van der Waals surface area contributed by atoms with Crippen molar-refractivity contribution in [3.63, 3.8) is 0 Å². The standard InChI is InChI=1S/C14H12ClF2N3O/c1-19-13-6-11(17)8(5-12(13)18)14(21)20-7-2-3-10(16)9(15)4-7/h2-6,19H,18H2,1H3,(H,20,21). The van der Waals surface area contributed by atoms with Gasteiger partial charge in [-0.05, 0) is 30.3 Å². The second-order valence-corrected chi connectivity index (χ2v) is 4.66. The van der Waals surface area contributed by atoms with Crippen LogP contribution < -0.4 is 16.4 Å². The summed E-state index contributed by atoms with van der Waals surface area (Å²) in [6.45, 7) is 0. The molecule has 2 aromatic carbocycles. The molecule has 4 nitrogen and oxygen atoms in total. The summed E-state index contributed by atoms with van der Waals surface area (Å²) in [4.78, 5) is 12.0. The lowest BCUT2D eigenvalue weighted by Gasteiger charge is -2.10. The first kappa shape index (κ1) is 15.1. The molecule has 2 aromatic rings. The number of anilines is 3. The van der Waals surface area contributed by atoms with E-state index in [1.54, 1.807) is 7.05 Å². The Kier molecular flexibility index (Phi) is 4.28. The number of carbonyl (C=O) groups excluding carboxylic acids is 1. The maximum atomic E-state index is 13.9. The van der Waals surface area contributed by atoms with Crippen molar-refractivity contribution in [3.8, 4) is 0 Å². The van der Waals surface area contributed by atoms with Gasteiger partial charge < -0.3 is 16.4 Å². The SMILES string of the molecule is CNc1cc(F)c(C(=O)Nc2ccc(F)c(Cl)c2)cc1N. The van der Waals surface area contributed by atoms with E-state index in [-0.39, 0.29) is 22.0 Å². The fourth-order valence-electron chi connectivity index (χ4n) is 1.75. The van der Waals surface area contributed by atoms with Gasteiger partial charge in [-0.1, -0.05) is 11.6 Å². The Morgan fingerprint density at radius 3 is 2.52 bits per heavy atom. The molecule has 4 N–H and O–H groups in total. The first-order valence-electron chi connectivity index (χ1n) is 5.95. The van der Waals surface area contributed by atoms with Gasteiger partial charge in [-0.25, -0.2) is 8.78 Å². The van der Waals surface area contributed by atoms with E-state index in [1.807, 2.05) is 0 Å². The third-order valence-electron chi connectivity index (χ3n) is 2.83. The quantitative estimate of drug-likeness (QED) is 0.760. The van der Waals surface area contributed by atoms with E-state index in [0.29, 0.717) is 5.69 Å². The maximum absolute atomic E-state index is 13.9. The molecular formula is C14H12ClF2N3O. The highest BCUT2D eigenvalue weighted by Crippen LogP contribution is 2.24. The van der Waals surface area contributed by atoms with Crippen molar-refractivity contribution in [2.75, 3.05) is 23.4 Å². The molecule has 0 heterocycles. The summed E-state index contributed by atoms with van der Waals surface area (Å²) >= 11 is 5.61. The van der Waals surface area contributed by atoms with Gasteiger partial charge in [-0.2, -0.15) is 0 Å². The molecule has 0 aliphatic carbocycles. The second kappa shape index (κ2) is 5.97. The van der Waals surface area contributed by atoms with Gasteiger partial charge in [0.05, 0.1) is 22.0 Å². The minimum atomic E-state index is -0.723. The summed E-state index contributed by atoms with van der Waals surface area (Å²) in [6.07, 6.45) is 0. The van der Waals surface area contributed by atoms with Crippen molar-refractivity contribution in [3.05, 3.63) is 52.6 Å². The first-order chi connectivity index (χ1) is 9.92. The largest absolute Gasteiger partial charge is 0.397 e. The third-order valence-corrected chi connectivity index (χ3v) is 3.12. The van der Waals surface area contributed by atoms with Crippen molar-refractivity contribution in [2.45, 2.75) is 0 Å². The molecule has 2 rings (SSSR count). The lowest BCUT2D eigenvalue weighted by atomic mass is 10.1. The summed E-state index contributed by atoms with van der Waals surface area (Å²) in [7, 11) is 1.59. The lowest BCUT2D eigenvalue weighted by molar-refractivity contribution is 0.102. The van der Waals surface area contributed by atoms with Crippen LogP contribution in [0.1, 0.15) is 10.4 Å². The molecule has 21 heavy (non-hydrogen) atoms. The molecule has 0 radical (unpaired) electrons. The van der Waals surface area contributed by atoms with E-state index in [4.69, 9.17) is 17.3 Å². The number of halogens is 3. The lowest BCUT2D eigenvalue weighted by Crippen LogP contribution is -2.15. The van der Waals surface area contributed by atoms with Crippen LogP contribution in [0.15, 0.2) is 30.3 Å². The molecule has 0 bridgehead atoms. The van der Waals surface area contributed by atoms with Crippen molar-refractivity contribution in [1.82, 2.24) is 0 Å². The zero-order chi connectivity index (χ0) is 15.6. The number of nitrogens with one attached hydrogen (secondary N) is 2. The van der Waals surface area contributed by atoms with Crippen LogP contribution in [0.5, 0.6) is 0 Å². The van der Waals surface area contributed by atoms with Crippen molar-refractivity contribution in [1.29, 1.82) is 0 Å². The number of nitrogens with two attached hydrogens (primary N) is 1. The number of benzene rings is 2. The molecule has 0 saturated heterocycles. The van der Waals surface area contributed by atoms with Gasteiger partial charge in [-0.15, -0.1) is 0 Å². The topological polar surface area (TPSA) is 67.2 Å². The van der Waals surface area contributed by atoms with Gasteiger partial charge >= 0.3 is 0 Å². The number of carbonyl (C=O) groups is 1. The van der Waals surface area contributed by atoms with Crippen LogP contribution in [0.3, 0.4) is 0 Å². The van der Waals surface area contributed by atoms with E-state index in [0.717, 1.165) is 12.1 Å². The summed E-state index contributed by atoms with van der Waals surface area (Å²) in [5.41, 5.74) is 6.35. The Bertz CT molecular complexity index is 707. The fraction of sp³-hybridized carbons (Fsp3) is 0.0714. The van der Waals surface area contributed by atoms with Gasteiger partial charge in [-0.3, -0.25) is 4.79 Å². The normalized spacial score (nSPS) is 10.3. The Labute approximate surface area is 124 Å². The minimum Gasteiger partial charge on any atom is -0.397 e. The average molecular weight is 312 g/mol. The van der Waals surface area contributed by atoms with Crippen molar-refractivity contribution in [2.24, 2.45) is 0 Å². The van der Waals surface area contributed by atoms with Crippen molar-refractivity contribution < 1.29 is 13.6 Å². The summed E-state index contributed by atoms with van der Waals surface area (Å²) in [6, 6.07) is 6.01. The van der Waals surface area contributed by atoms with Crippen LogP contribution in [0.2, 0.25) is 5.02 Å². The Morgan fingerprint density at radius 2 is 1.90 bits per heavy atom. The van der Waals surface area contributed by atoms with Gasteiger partial charge in [0.25, 0.3) is 5.91 Å². The Hall–Kier alpha value is -2.34. The fourth-order valence-corrected chi connectivity index (χ4v) is 1.93. The van der Waals surface area contributed by atoms with Crippen LogP contribution >= 0.6 is 11.6 Å². The molecule has 0 aliphatic rings. The van der Waals surface area contributed by atoms with Crippen LogP contribution in [-0.2, 0) is 0 Å². The summed E-state index contributed by atoms with van der Waals surface area (Å²) in [5, 5.41) is 5.00. The number of amides is 1. The zero-order valence-corrected chi connectivity index (χ0v) is 11.8. The van der Waals surface area contributed by atoms with E-state index < -0.39 is 17.5 Å². The van der Waals surface area contributed by atoms with Gasteiger partial charge in [0.1, 0.15) is 11.6 Å². The summed E-state index contributed by atoms with van der Waals surface area (Å²) < 4.78 is 26.9. The van der Waals surface area contributed by atoms with Crippen LogP contribution in [0.25, 0.3) is 0 Å². The molecule has 110 valence electrons. The van der Waals surface area contributed by atoms with E-state index in [2.05, 4.69) is 10.6 Å². The molecule has 0 fully saturated rings. The van der Waals surface area contributed by atoms with E-state index >= 15 is 0 Å². The molecule has 0 aromatic heterocycles. The smallest absolute Gasteiger partial charge is 0.258 e. The molecule has 0 unspecified atom stereocenters. The predicted octanol–water partition coefficient (Wildman–Crippen LogP) is 3.49. The molecule has 1 amide bonds. The third kappa shape index (κ3) is 3.22. The number of hydrogen-bond donors (Lipinski definition) is 3. The van der Waals surface area contributed by atoms with Gasteiger partial charge in [0, 0.05) is 12.7 Å². The second-order valence-electron chi connectivity index (χ2n) is 4.25. The van der Waals surface area contributed by atoms with Gasteiger partial charge in [0.15, 0.2) is 0 Å². The van der Waals surface area contributed by atoms with E-state index in [9.17, 15) is 13.6 Å². The minimum absolute atomic E-state index is 0.140. The van der Waals surface area contributed by atoms with Crippen LogP contribution in [0.4, 0.5) is 25.8 Å². The molecule has 0 spiro atoms. The van der Waals surface area contributed by atoms with Crippen LogP contribution in [-0.4, -0.2) is 13.0 Å². The van der Waals surface area contributed by atoms with E-state index in [1.165, 1.54) is 18.2 Å². The molecule has 0 saturated carbocycles. The Morgan fingerprint density at radius 1 is 1.19 bits per heavy atom. The van der Waals surface area contributed by atoms with Crippen molar-refractivity contribution >= 4 is 34.6 Å². The number of rotatable bonds is 3. The highest BCUT2D eigenvalue weighted by molar-refractivity contribution is 6.31. The molecule has 0 aliphatic heterocycles. The number of hydrogen-bond acceptors (Lipinski definition) is 3. The zero-order valence-electron chi connectivity index (χ0n) is 11.0. The predicted molar refractivity (Wildman–Crippen MR) is 79.7 cm³/mol. The molecular weight excluding hydrogens is 300 g/mol. The van der Waals surface area contributed by atoms with Crippen LogP contribution in [0, 0.1) is 11.6 Å². The average Bonchev–Trinajstić information content (AvgIpc) is 2.44. The van der Waals surface area contributed by atoms with Gasteiger partial charge in [0.2, 0.25) is 0 Å². The highest BCUT2D eigenvalue weighted by Gasteiger charge is 2.15. The Balaban J connectivity index is 2.28.